The van der Waals surface area contributed by atoms with Gasteiger partial charge in [-0.25, -0.2) is 4.57 Å². The first-order valence-electron chi connectivity index (χ1n) is 25.2. The van der Waals surface area contributed by atoms with E-state index in [-0.39, 0.29) is 19.1 Å². The normalized spacial score (nSPS) is 14.7. The van der Waals surface area contributed by atoms with Crippen molar-refractivity contribution in [2.24, 2.45) is 0 Å². The summed E-state index contributed by atoms with van der Waals surface area (Å²) in [5.41, 5.74) is 0. The second-order valence-electron chi connectivity index (χ2n) is 18.2. The quantitative estimate of drug-likeness (QED) is 0.0244. The van der Waals surface area contributed by atoms with E-state index in [2.05, 4.69) is 67.8 Å². The van der Waals surface area contributed by atoms with Gasteiger partial charge in [0.2, 0.25) is 5.91 Å². The number of quaternary nitrogens is 1. The fraction of sp³-hybridized carbons (Fsp3) is 0.788. The first kappa shape index (κ1) is 59.2. The van der Waals surface area contributed by atoms with Gasteiger partial charge in [-0.15, -0.1) is 0 Å². The Bertz CT molecular complexity index is 1180. The molecule has 61 heavy (non-hydrogen) atoms. The lowest BCUT2D eigenvalue weighted by atomic mass is 10.1. The Hall–Kier alpha value is -1.80. The van der Waals surface area contributed by atoms with E-state index in [4.69, 9.17) is 9.05 Å². The summed E-state index contributed by atoms with van der Waals surface area (Å²) < 4.78 is 23.6. The van der Waals surface area contributed by atoms with Gasteiger partial charge in [0.05, 0.1) is 39.9 Å². The standard InChI is InChI=1S/C52H97N2O6P/c1-6-8-10-12-14-16-18-20-22-24-25-26-27-28-29-30-32-34-36-38-40-42-44-46-52(56)53-50(49-60-61(57,58)59-48-47-54(3,4)5)51(55)45-43-41-39-37-35-33-31-23-21-19-17-15-13-11-9-7-2/h18,20,24-25,27-28,35,37,43,45,50-51,55H,6-17,19,21-23,26,29-34,36,38-42,44,46-49H2,1-5H3,(H-,53,56,57,58)/p+1/b20-18-,25-24-,28-27-,37-35+,45-43+. The molecule has 0 aliphatic heterocycles. The lowest BCUT2D eigenvalue weighted by Crippen LogP contribution is -2.45. The van der Waals surface area contributed by atoms with Gasteiger partial charge < -0.3 is 19.8 Å². The summed E-state index contributed by atoms with van der Waals surface area (Å²) in [7, 11) is 1.54. The maximum atomic E-state index is 12.9. The number of hydrogen-bond donors (Lipinski definition) is 3. The number of amides is 1. The lowest BCUT2D eigenvalue weighted by Gasteiger charge is -2.25. The molecule has 0 aliphatic carbocycles. The van der Waals surface area contributed by atoms with Gasteiger partial charge in [-0.1, -0.05) is 197 Å². The van der Waals surface area contributed by atoms with Crippen molar-refractivity contribution < 1.29 is 32.9 Å². The van der Waals surface area contributed by atoms with Gasteiger partial charge >= 0.3 is 7.82 Å². The highest BCUT2D eigenvalue weighted by atomic mass is 31.2. The predicted molar refractivity (Wildman–Crippen MR) is 263 cm³/mol. The Morgan fingerprint density at radius 2 is 0.951 bits per heavy atom. The van der Waals surface area contributed by atoms with Gasteiger partial charge in [-0.05, 0) is 70.6 Å². The third kappa shape index (κ3) is 46.0. The van der Waals surface area contributed by atoms with E-state index >= 15 is 0 Å². The number of aliphatic hydroxyl groups excluding tert-OH is 1. The molecule has 0 rings (SSSR count). The molecule has 1 amide bonds. The fourth-order valence-electron chi connectivity index (χ4n) is 6.95. The molecule has 356 valence electrons. The maximum absolute atomic E-state index is 12.9. The van der Waals surface area contributed by atoms with Crippen molar-refractivity contribution in [1.29, 1.82) is 0 Å². The molecular formula is C52H98N2O6P+. The number of rotatable bonds is 45. The van der Waals surface area contributed by atoms with E-state index in [0.717, 1.165) is 57.8 Å². The lowest BCUT2D eigenvalue weighted by molar-refractivity contribution is -0.870. The molecule has 8 nitrogen and oxygen atoms in total. The smallest absolute Gasteiger partial charge is 0.387 e. The number of unbranched alkanes of at least 4 members (excludes halogenated alkanes) is 24. The van der Waals surface area contributed by atoms with Crippen LogP contribution in [0, 0.1) is 0 Å². The number of allylic oxidation sites excluding steroid dienone is 9. The van der Waals surface area contributed by atoms with Gasteiger partial charge in [0, 0.05) is 6.42 Å². The number of likely N-dealkylation sites (N-methyl/N-ethyl adjacent to an activating group) is 1. The first-order chi connectivity index (χ1) is 29.5. The van der Waals surface area contributed by atoms with Crippen LogP contribution in [-0.2, 0) is 18.4 Å². The number of phosphoric acid groups is 1. The molecule has 3 unspecified atom stereocenters. The number of nitrogens with zero attached hydrogens (tertiary/aromatic N) is 1. The number of nitrogens with one attached hydrogen (secondary N) is 1. The van der Waals surface area contributed by atoms with E-state index < -0.39 is 20.0 Å². The molecular weight excluding hydrogens is 780 g/mol. The number of phosphoric ester groups is 1. The molecule has 0 aromatic heterocycles. The van der Waals surface area contributed by atoms with Crippen molar-refractivity contribution >= 4 is 13.7 Å². The Morgan fingerprint density at radius 3 is 1.43 bits per heavy atom. The van der Waals surface area contributed by atoms with Crippen molar-refractivity contribution in [2.75, 3.05) is 40.9 Å². The minimum Gasteiger partial charge on any atom is -0.387 e. The van der Waals surface area contributed by atoms with Crippen molar-refractivity contribution in [2.45, 2.75) is 225 Å². The summed E-state index contributed by atoms with van der Waals surface area (Å²) in [4.78, 5) is 23.2. The summed E-state index contributed by atoms with van der Waals surface area (Å²) in [6, 6.07) is -0.869. The molecule has 3 atom stereocenters. The Labute approximate surface area is 377 Å². The average Bonchev–Trinajstić information content (AvgIpc) is 3.21. The van der Waals surface area contributed by atoms with Gasteiger partial charge in [0.1, 0.15) is 13.2 Å². The third-order valence-corrected chi connectivity index (χ3v) is 11.9. The monoisotopic (exact) mass is 878 g/mol. The molecule has 3 N–H and O–H groups in total. The molecule has 0 aliphatic rings. The van der Waals surface area contributed by atoms with Gasteiger partial charge in [-0.2, -0.15) is 0 Å². The molecule has 0 fully saturated rings. The molecule has 0 aromatic carbocycles. The van der Waals surface area contributed by atoms with Crippen LogP contribution in [0.25, 0.3) is 0 Å². The van der Waals surface area contributed by atoms with Crippen LogP contribution in [0.1, 0.15) is 213 Å². The molecule has 0 bridgehead atoms. The molecule has 0 saturated heterocycles. The van der Waals surface area contributed by atoms with Gasteiger partial charge in [0.25, 0.3) is 0 Å². The number of aliphatic hydroxyl groups is 1. The Kier molecular flexibility index (Phi) is 42.2. The van der Waals surface area contributed by atoms with Crippen LogP contribution in [0.2, 0.25) is 0 Å². The largest absolute Gasteiger partial charge is 0.472 e. The van der Waals surface area contributed by atoms with Crippen LogP contribution in [0.5, 0.6) is 0 Å². The molecule has 9 heteroatoms. The number of carbonyl (C=O) groups excluding carboxylic acids is 1. The fourth-order valence-corrected chi connectivity index (χ4v) is 7.68. The van der Waals surface area contributed by atoms with E-state index in [9.17, 15) is 19.4 Å². The second kappa shape index (κ2) is 43.5. The van der Waals surface area contributed by atoms with Crippen LogP contribution in [0.4, 0.5) is 0 Å². The Morgan fingerprint density at radius 1 is 0.557 bits per heavy atom. The summed E-state index contributed by atoms with van der Waals surface area (Å²) >= 11 is 0. The molecule has 0 heterocycles. The highest BCUT2D eigenvalue weighted by molar-refractivity contribution is 7.47. The van der Waals surface area contributed by atoms with Crippen LogP contribution < -0.4 is 5.32 Å². The zero-order chi connectivity index (χ0) is 45.0. The van der Waals surface area contributed by atoms with Crippen molar-refractivity contribution in [3.05, 3.63) is 60.8 Å². The Balaban J connectivity index is 4.37. The number of carbonyl (C=O) groups is 1. The van der Waals surface area contributed by atoms with E-state index in [1.54, 1.807) is 6.08 Å². The topological polar surface area (TPSA) is 105 Å². The molecule has 0 radical (unpaired) electrons. The van der Waals surface area contributed by atoms with E-state index in [0.29, 0.717) is 17.4 Å². The minimum absolute atomic E-state index is 0.0524. The third-order valence-electron chi connectivity index (χ3n) is 11.0. The second-order valence-corrected chi connectivity index (χ2v) is 19.6. The number of hydrogen-bond acceptors (Lipinski definition) is 5. The van der Waals surface area contributed by atoms with Crippen LogP contribution in [0.3, 0.4) is 0 Å². The minimum atomic E-state index is -4.35. The molecule has 0 spiro atoms. The van der Waals surface area contributed by atoms with Crippen molar-refractivity contribution in [3.63, 3.8) is 0 Å². The molecule has 0 aromatic rings. The van der Waals surface area contributed by atoms with Gasteiger partial charge in [0.15, 0.2) is 0 Å². The van der Waals surface area contributed by atoms with Crippen molar-refractivity contribution in [3.8, 4) is 0 Å². The van der Waals surface area contributed by atoms with E-state index in [1.165, 1.54) is 135 Å². The maximum Gasteiger partial charge on any atom is 0.472 e. The van der Waals surface area contributed by atoms with Crippen molar-refractivity contribution in [1.82, 2.24) is 5.32 Å². The highest BCUT2D eigenvalue weighted by Gasteiger charge is 2.27. The zero-order valence-electron chi connectivity index (χ0n) is 40.4. The summed E-state index contributed by atoms with van der Waals surface area (Å²) in [6.07, 6.45) is 57.3. The van der Waals surface area contributed by atoms with Crippen LogP contribution in [0.15, 0.2) is 60.8 Å². The van der Waals surface area contributed by atoms with Crippen LogP contribution in [-0.4, -0.2) is 73.4 Å². The summed E-state index contributed by atoms with van der Waals surface area (Å²) in [6.45, 7) is 4.77. The SMILES string of the molecule is CCCCCCC/C=C\C/C=C\C/C=C\CCCCCCCCCCC(=O)NC(COP(=O)(O)OCC[N+](C)(C)C)C(O)/C=C/CC/C=C/CCCCCCCCCCCC. The first-order valence-corrected chi connectivity index (χ1v) is 26.7. The summed E-state index contributed by atoms with van der Waals surface area (Å²) in [5.74, 6) is -0.196. The highest BCUT2D eigenvalue weighted by Crippen LogP contribution is 2.43. The zero-order valence-corrected chi connectivity index (χ0v) is 41.3. The predicted octanol–water partition coefficient (Wildman–Crippen LogP) is 14.6. The average molecular weight is 878 g/mol. The van der Waals surface area contributed by atoms with E-state index in [1.807, 2.05) is 27.2 Å². The molecule has 0 saturated carbocycles. The van der Waals surface area contributed by atoms with Crippen LogP contribution >= 0.6 is 7.82 Å². The summed E-state index contributed by atoms with van der Waals surface area (Å²) in [5, 5.41) is 13.8. The van der Waals surface area contributed by atoms with Gasteiger partial charge in [-0.3, -0.25) is 13.8 Å².